The predicted octanol–water partition coefficient (Wildman–Crippen LogP) is 5.44. The summed E-state index contributed by atoms with van der Waals surface area (Å²) in [5, 5.41) is 3.74. The molecule has 0 aliphatic heterocycles. The van der Waals surface area contributed by atoms with Crippen LogP contribution in [0.25, 0.3) is 0 Å². The summed E-state index contributed by atoms with van der Waals surface area (Å²) in [5.41, 5.74) is 0. The minimum absolute atomic E-state index is 0.572. The molecule has 18 heavy (non-hydrogen) atoms. The number of hydrogen-bond acceptors (Lipinski definition) is 2. The zero-order valence-corrected chi connectivity index (χ0v) is 13.9. The highest BCUT2D eigenvalue weighted by Gasteiger charge is 2.22. The number of aryl methyl sites for hydroxylation is 1. The van der Waals surface area contributed by atoms with Gasteiger partial charge in [0.1, 0.15) is 0 Å². The molecular formula is C15H24BrNS. The van der Waals surface area contributed by atoms with E-state index in [1.807, 2.05) is 11.3 Å². The lowest BCUT2D eigenvalue weighted by Gasteiger charge is -2.20. The van der Waals surface area contributed by atoms with Gasteiger partial charge in [-0.2, -0.15) is 0 Å². The number of nitrogens with one attached hydrogen (secondary N) is 1. The van der Waals surface area contributed by atoms with Crippen LogP contribution in [0.15, 0.2) is 10.5 Å². The molecule has 1 aromatic rings. The van der Waals surface area contributed by atoms with Crippen LogP contribution in [0.4, 0.5) is 0 Å². The molecule has 3 heteroatoms. The highest BCUT2D eigenvalue weighted by atomic mass is 79.9. The number of halogens is 1. The standard InChI is InChI=1S/C15H24BrNS/c1-3-8-17-14(9-12-6-4-5-7-12)15-10-13(16)11(2)18-15/h10,12,14,17H,3-9H2,1-2H3. The van der Waals surface area contributed by atoms with Gasteiger partial charge in [0.25, 0.3) is 0 Å². The fourth-order valence-electron chi connectivity index (χ4n) is 2.85. The third-order valence-electron chi connectivity index (χ3n) is 3.90. The maximum atomic E-state index is 3.74. The summed E-state index contributed by atoms with van der Waals surface area (Å²) in [7, 11) is 0. The maximum Gasteiger partial charge on any atom is 0.0417 e. The molecule has 1 aliphatic rings. The van der Waals surface area contributed by atoms with Crippen LogP contribution in [0.1, 0.15) is 61.2 Å². The van der Waals surface area contributed by atoms with Gasteiger partial charge in [-0.05, 0) is 54.2 Å². The van der Waals surface area contributed by atoms with Gasteiger partial charge in [0, 0.05) is 20.3 Å². The molecule has 1 saturated carbocycles. The highest BCUT2D eigenvalue weighted by molar-refractivity contribution is 9.10. The molecule has 102 valence electrons. The Kier molecular flexibility index (Phi) is 5.71. The lowest BCUT2D eigenvalue weighted by molar-refractivity contribution is 0.399. The minimum Gasteiger partial charge on any atom is -0.309 e. The summed E-state index contributed by atoms with van der Waals surface area (Å²) < 4.78 is 1.28. The quantitative estimate of drug-likeness (QED) is 0.732. The molecule has 1 fully saturated rings. The third-order valence-corrected chi connectivity index (χ3v) is 6.15. The first-order valence-electron chi connectivity index (χ1n) is 7.20. The lowest BCUT2D eigenvalue weighted by atomic mass is 9.97. The van der Waals surface area contributed by atoms with Crippen molar-refractivity contribution in [1.82, 2.24) is 5.32 Å². The SMILES string of the molecule is CCCNC(CC1CCCC1)c1cc(Br)c(C)s1. The van der Waals surface area contributed by atoms with E-state index in [0.29, 0.717) is 6.04 Å². The van der Waals surface area contributed by atoms with Crippen molar-refractivity contribution in [2.75, 3.05) is 6.54 Å². The van der Waals surface area contributed by atoms with Crippen LogP contribution in [0.2, 0.25) is 0 Å². The molecule has 1 atom stereocenters. The Balaban J connectivity index is 2.03. The van der Waals surface area contributed by atoms with Gasteiger partial charge in [-0.1, -0.05) is 32.6 Å². The van der Waals surface area contributed by atoms with Crippen molar-refractivity contribution in [2.45, 2.75) is 58.4 Å². The van der Waals surface area contributed by atoms with E-state index in [-0.39, 0.29) is 0 Å². The molecule has 1 heterocycles. The Morgan fingerprint density at radius 2 is 2.17 bits per heavy atom. The number of rotatable bonds is 6. The molecule has 1 aliphatic carbocycles. The van der Waals surface area contributed by atoms with Crippen LogP contribution < -0.4 is 5.32 Å². The van der Waals surface area contributed by atoms with E-state index in [0.717, 1.165) is 12.5 Å². The highest BCUT2D eigenvalue weighted by Crippen LogP contribution is 2.37. The topological polar surface area (TPSA) is 12.0 Å². The second-order valence-electron chi connectivity index (χ2n) is 5.45. The predicted molar refractivity (Wildman–Crippen MR) is 84.4 cm³/mol. The van der Waals surface area contributed by atoms with Gasteiger partial charge in [0.05, 0.1) is 0 Å². The number of thiophene rings is 1. The molecule has 0 saturated heterocycles. The monoisotopic (exact) mass is 329 g/mol. The van der Waals surface area contributed by atoms with Gasteiger partial charge >= 0.3 is 0 Å². The van der Waals surface area contributed by atoms with E-state index in [1.54, 1.807) is 0 Å². The average Bonchev–Trinajstić information content (AvgIpc) is 2.96. The van der Waals surface area contributed by atoms with E-state index in [4.69, 9.17) is 0 Å². The third kappa shape index (κ3) is 3.82. The first kappa shape index (κ1) is 14.5. The summed E-state index contributed by atoms with van der Waals surface area (Å²) in [5.74, 6) is 0.945. The summed E-state index contributed by atoms with van der Waals surface area (Å²) in [6.45, 7) is 5.58. The summed E-state index contributed by atoms with van der Waals surface area (Å²) in [6, 6.07) is 2.89. The zero-order valence-electron chi connectivity index (χ0n) is 11.5. The minimum atomic E-state index is 0.572. The van der Waals surface area contributed by atoms with Crippen LogP contribution in [0.3, 0.4) is 0 Å². The van der Waals surface area contributed by atoms with E-state index < -0.39 is 0 Å². The first-order chi connectivity index (χ1) is 8.70. The van der Waals surface area contributed by atoms with E-state index in [2.05, 4.69) is 41.2 Å². The molecular weight excluding hydrogens is 306 g/mol. The molecule has 0 bridgehead atoms. The van der Waals surface area contributed by atoms with Crippen molar-refractivity contribution in [3.8, 4) is 0 Å². The summed E-state index contributed by atoms with van der Waals surface area (Å²) >= 11 is 5.59. The van der Waals surface area contributed by atoms with Crippen molar-refractivity contribution in [3.05, 3.63) is 20.3 Å². The van der Waals surface area contributed by atoms with Gasteiger partial charge in [0.2, 0.25) is 0 Å². The molecule has 1 unspecified atom stereocenters. The van der Waals surface area contributed by atoms with Crippen molar-refractivity contribution < 1.29 is 0 Å². The van der Waals surface area contributed by atoms with Crippen molar-refractivity contribution in [1.29, 1.82) is 0 Å². The largest absolute Gasteiger partial charge is 0.309 e. The molecule has 0 radical (unpaired) electrons. The van der Waals surface area contributed by atoms with Crippen LogP contribution >= 0.6 is 27.3 Å². The average molecular weight is 330 g/mol. The van der Waals surface area contributed by atoms with Crippen LogP contribution in [0, 0.1) is 12.8 Å². The Morgan fingerprint density at radius 1 is 1.44 bits per heavy atom. The van der Waals surface area contributed by atoms with Crippen molar-refractivity contribution in [2.24, 2.45) is 5.92 Å². The van der Waals surface area contributed by atoms with Crippen LogP contribution in [-0.2, 0) is 0 Å². The second kappa shape index (κ2) is 7.06. The van der Waals surface area contributed by atoms with E-state index >= 15 is 0 Å². The van der Waals surface area contributed by atoms with Gasteiger partial charge in [-0.3, -0.25) is 0 Å². The normalized spacial score (nSPS) is 18.4. The van der Waals surface area contributed by atoms with Crippen molar-refractivity contribution in [3.63, 3.8) is 0 Å². The molecule has 1 nitrogen and oxygen atoms in total. The number of hydrogen-bond donors (Lipinski definition) is 1. The zero-order chi connectivity index (χ0) is 13.0. The lowest BCUT2D eigenvalue weighted by Crippen LogP contribution is -2.23. The van der Waals surface area contributed by atoms with Crippen molar-refractivity contribution >= 4 is 27.3 Å². The fraction of sp³-hybridized carbons (Fsp3) is 0.733. The van der Waals surface area contributed by atoms with E-state index in [1.165, 1.54) is 52.8 Å². The second-order valence-corrected chi connectivity index (χ2v) is 7.59. The first-order valence-corrected chi connectivity index (χ1v) is 8.81. The van der Waals surface area contributed by atoms with Crippen LogP contribution in [-0.4, -0.2) is 6.54 Å². The fourth-order valence-corrected chi connectivity index (χ4v) is 4.50. The molecule has 0 amide bonds. The van der Waals surface area contributed by atoms with Crippen LogP contribution in [0.5, 0.6) is 0 Å². The van der Waals surface area contributed by atoms with Gasteiger partial charge in [0.15, 0.2) is 0 Å². The molecule has 0 aromatic carbocycles. The van der Waals surface area contributed by atoms with E-state index in [9.17, 15) is 0 Å². The Hall–Kier alpha value is 0.140. The summed E-state index contributed by atoms with van der Waals surface area (Å²) in [4.78, 5) is 2.92. The molecule has 0 spiro atoms. The Bertz CT molecular complexity index is 349. The maximum absolute atomic E-state index is 3.74. The van der Waals surface area contributed by atoms with Gasteiger partial charge in [-0.15, -0.1) is 11.3 Å². The Morgan fingerprint density at radius 3 is 2.72 bits per heavy atom. The summed E-state index contributed by atoms with van der Waals surface area (Å²) in [6.07, 6.45) is 8.31. The van der Waals surface area contributed by atoms with Gasteiger partial charge < -0.3 is 5.32 Å². The Labute approximate surface area is 123 Å². The molecule has 1 aromatic heterocycles. The van der Waals surface area contributed by atoms with Gasteiger partial charge in [-0.25, -0.2) is 0 Å². The molecule has 2 rings (SSSR count). The smallest absolute Gasteiger partial charge is 0.0417 e. The molecule has 1 N–H and O–H groups in total.